The molecule has 0 radical (unpaired) electrons. The van der Waals surface area contributed by atoms with Gasteiger partial charge in [-0.05, 0) is 30.9 Å². The molecule has 2 rings (SSSR count). The second kappa shape index (κ2) is 5.98. The van der Waals surface area contributed by atoms with Crippen LogP contribution in [-0.2, 0) is 11.3 Å². The van der Waals surface area contributed by atoms with Gasteiger partial charge in [-0.1, -0.05) is 0 Å². The lowest BCUT2D eigenvalue weighted by atomic mass is 10.0. The Morgan fingerprint density at radius 1 is 1.59 bits per heavy atom. The number of hydrogen-bond acceptors (Lipinski definition) is 4. The van der Waals surface area contributed by atoms with E-state index in [1.807, 2.05) is 6.07 Å². The van der Waals surface area contributed by atoms with Crippen LogP contribution in [0.15, 0.2) is 18.3 Å². The minimum Gasteiger partial charge on any atom is -0.381 e. The molecule has 0 spiro atoms. The molecule has 0 amide bonds. The Balaban J connectivity index is 2.00. The molecule has 1 aliphatic heterocycles. The summed E-state index contributed by atoms with van der Waals surface area (Å²) in [6.07, 6.45) is 4.22. The number of anilines is 1. The average Bonchev–Trinajstić information content (AvgIpc) is 2.40. The molecule has 1 aliphatic rings. The van der Waals surface area contributed by atoms with Crippen molar-refractivity contribution >= 4 is 5.69 Å². The summed E-state index contributed by atoms with van der Waals surface area (Å²) in [6.45, 7) is 3.30. The molecule has 2 N–H and O–H groups in total. The normalized spacial score (nSPS) is 20.2. The maximum absolute atomic E-state index is 5.71. The number of pyridine rings is 1. The number of ether oxygens (including phenoxy) is 1. The highest BCUT2D eigenvalue weighted by molar-refractivity contribution is 5.49. The molecule has 94 valence electrons. The van der Waals surface area contributed by atoms with Crippen molar-refractivity contribution in [3.8, 4) is 0 Å². The molecule has 4 nitrogen and oxygen atoms in total. The summed E-state index contributed by atoms with van der Waals surface area (Å²) in [7, 11) is 2.10. The van der Waals surface area contributed by atoms with E-state index in [1.54, 1.807) is 6.20 Å². The van der Waals surface area contributed by atoms with Crippen LogP contribution >= 0.6 is 0 Å². The van der Waals surface area contributed by atoms with Crippen molar-refractivity contribution in [3.05, 3.63) is 24.0 Å². The number of hydrogen-bond donors (Lipinski definition) is 1. The van der Waals surface area contributed by atoms with Gasteiger partial charge in [0.15, 0.2) is 0 Å². The minimum atomic E-state index is 0.488. The fraction of sp³-hybridized carbons (Fsp3) is 0.615. The summed E-state index contributed by atoms with van der Waals surface area (Å²) < 4.78 is 5.51. The van der Waals surface area contributed by atoms with Gasteiger partial charge in [0.2, 0.25) is 0 Å². The molecule has 17 heavy (non-hydrogen) atoms. The molecule has 1 fully saturated rings. The monoisotopic (exact) mass is 235 g/mol. The van der Waals surface area contributed by atoms with Gasteiger partial charge in [0.1, 0.15) is 0 Å². The third-order valence-electron chi connectivity index (χ3n) is 3.26. The summed E-state index contributed by atoms with van der Waals surface area (Å²) >= 11 is 0. The van der Waals surface area contributed by atoms with E-state index in [9.17, 15) is 0 Å². The summed E-state index contributed by atoms with van der Waals surface area (Å²) in [6, 6.07) is 4.04. The quantitative estimate of drug-likeness (QED) is 0.857. The molecule has 0 aliphatic carbocycles. The molecular weight excluding hydrogens is 214 g/mol. The van der Waals surface area contributed by atoms with Crippen LogP contribution in [0.5, 0.6) is 0 Å². The van der Waals surface area contributed by atoms with Gasteiger partial charge in [-0.3, -0.25) is 4.98 Å². The van der Waals surface area contributed by atoms with Crippen LogP contribution in [0.1, 0.15) is 18.5 Å². The van der Waals surface area contributed by atoms with Crippen molar-refractivity contribution in [3.63, 3.8) is 0 Å². The first-order chi connectivity index (χ1) is 8.31. The highest BCUT2D eigenvalue weighted by Gasteiger charge is 2.17. The Hall–Kier alpha value is -1.13. The first-order valence-corrected chi connectivity index (χ1v) is 6.24. The average molecular weight is 235 g/mol. The zero-order valence-corrected chi connectivity index (χ0v) is 10.4. The maximum atomic E-state index is 5.71. The van der Waals surface area contributed by atoms with Crippen LogP contribution in [0.3, 0.4) is 0 Å². The lowest BCUT2D eigenvalue weighted by molar-refractivity contribution is 0.0576. The third-order valence-corrected chi connectivity index (χ3v) is 3.26. The zero-order chi connectivity index (χ0) is 12.1. The van der Waals surface area contributed by atoms with Crippen molar-refractivity contribution in [1.82, 2.24) is 4.98 Å². The van der Waals surface area contributed by atoms with Gasteiger partial charge in [-0.25, -0.2) is 0 Å². The molecular formula is C13H21N3O. The van der Waals surface area contributed by atoms with E-state index in [-0.39, 0.29) is 0 Å². The van der Waals surface area contributed by atoms with Crippen molar-refractivity contribution in [2.24, 2.45) is 11.7 Å². The molecule has 1 saturated heterocycles. The summed E-state index contributed by atoms with van der Waals surface area (Å²) in [5.41, 5.74) is 7.81. The lowest BCUT2D eigenvalue weighted by Crippen LogP contribution is -2.31. The van der Waals surface area contributed by atoms with E-state index >= 15 is 0 Å². The van der Waals surface area contributed by atoms with E-state index in [0.717, 1.165) is 31.1 Å². The Labute approximate surface area is 103 Å². The Morgan fingerprint density at radius 3 is 3.18 bits per heavy atom. The molecule has 0 saturated carbocycles. The van der Waals surface area contributed by atoms with Gasteiger partial charge >= 0.3 is 0 Å². The van der Waals surface area contributed by atoms with Crippen LogP contribution in [-0.4, -0.2) is 31.8 Å². The molecule has 1 aromatic heterocycles. The molecule has 1 atom stereocenters. The second-order valence-electron chi connectivity index (χ2n) is 4.64. The van der Waals surface area contributed by atoms with Crippen LogP contribution < -0.4 is 10.6 Å². The number of rotatable bonds is 4. The van der Waals surface area contributed by atoms with Gasteiger partial charge in [0.25, 0.3) is 0 Å². The fourth-order valence-corrected chi connectivity index (χ4v) is 2.37. The van der Waals surface area contributed by atoms with Crippen molar-refractivity contribution in [2.75, 3.05) is 31.7 Å². The van der Waals surface area contributed by atoms with E-state index in [4.69, 9.17) is 10.5 Å². The minimum absolute atomic E-state index is 0.488. The Morgan fingerprint density at radius 2 is 2.47 bits per heavy atom. The predicted molar refractivity (Wildman–Crippen MR) is 68.9 cm³/mol. The van der Waals surface area contributed by atoms with E-state index < -0.39 is 0 Å². The Kier molecular flexibility index (Phi) is 4.34. The van der Waals surface area contributed by atoms with Crippen LogP contribution in [0.4, 0.5) is 5.69 Å². The maximum Gasteiger partial charge on any atom is 0.0772 e. The van der Waals surface area contributed by atoms with Gasteiger partial charge in [-0.15, -0.1) is 0 Å². The number of nitrogens with zero attached hydrogens (tertiary/aromatic N) is 2. The molecule has 4 heteroatoms. The van der Waals surface area contributed by atoms with E-state index in [2.05, 4.69) is 23.0 Å². The first-order valence-electron chi connectivity index (χ1n) is 6.24. The lowest BCUT2D eigenvalue weighted by Gasteiger charge is -2.29. The SMILES string of the molecule is CN(CC1CCCOC1)c1cccnc1CN. The van der Waals surface area contributed by atoms with Gasteiger partial charge in [-0.2, -0.15) is 0 Å². The van der Waals surface area contributed by atoms with Crippen molar-refractivity contribution in [1.29, 1.82) is 0 Å². The first kappa shape index (κ1) is 12.3. The van der Waals surface area contributed by atoms with Crippen molar-refractivity contribution in [2.45, 2.75) is 19.4 Å². The third kappa shape index (κ3) is 3.17. The fourth-order valence-electron chi connectivity index (χ4n) is 2.37. The van der Waals surface area contributed by atoms with E-state index in [1.165, 1.54) is 12.8 Å². The van der Waals surface area contributed by atoms with Gasteiger partial charge in [0, 0.05) is 32.9 Å². The van der Waals surface area contributed by atoms with Crippen LogP contribution in [0.2, 0.25) is 0 Å². The number of aromatic nitrogens is 1. The smallest absolute Gasteiger partial charge is 0.0772 e. The standard InChI is InChI=1S/C13H21N3O/c1-16(9-11-4-3-7-17-10-11)13-5-2-6-15-12(13)8-14/h2,5-6,11H,3-4,7-10,14H2,1H3. The summed E-state index contributed by atoms with van der Waals surface area (Å²) in [5, 5.41) is 0. The van der Waals surface area contributed by atoms with E-state index in [0.29, 0.717) is 12.5 Å². The Bertz CT molecular complexity index is 350. The number of nitrogens with two attached hydrogens (primary N) is 1. The predicted octanol–water partition coefficient (Wildman–Crippen LogP) is 1.40. The van der Waals surface area contributed by atoms with Crippen molar-refractivity contribution < 1.29 is 4.74 Å². The molecule has 1 unspecified atom stereocenters. The molecule has 0 bridgehead atoms. The highest BCUT2D eigenvalue weighted by Crippen LogP contribution is 2.20. The largest absolute Gasteiger partial charge is 0.381 e. The highest BCUT2D eigenvalue weighted by atomic mass is 16.5. The van der Waals surface area contributed by atoms with Crippen LogP contribution in [0.25, 0.3) is 0 Å². The topological polar surface area (TPSA) is 51.4 Å². The summed E-state index contributed by atoms with van der Waals surface area (Å²) in [5.74, 6) is 0.625. The van der Waals surface area contributed by atoms with Crippen LogP contribution in [0, 0.1) is 5.92 Å². The van der Waals surface area contributed by atoms with Gasteiger partial charge < -0.3 is 15.4 Å². The molecule has 2 heterocycles. The second-order valence-corrected chi connectivity index (χ2v) is 4.64. The molecule has 0 aromatic carbocycles. The summed E-state index contributed by atoms with van der Waals surface area (Å²) in [4.78, 5) is 6.56. The molecule has 1 aromatic rings. The van der Waals surface area contributed by atoms with Gasteiger partial charge in [0.05, 0.1) is 18.0 Å². The zero-order valence-electron chi connectivity index (χ0n) is 10.4.